The van der Waals surface area contributed by atoms with Crippen LogP contribution in [0.3, 0.4) is 0 Å². The summed E-state index contributed by atoms with van der Waals surface area (Å²) in [5.74, 6) is 0. The molecule has 0 aliphatic carbocycles. The van der Waals surface area contributed by atoms with Gasteiger partial charge in [-0.2, -0.15) is 0 Å². The quantitative estimate of drug-likeness (QED) is 0.596. The highest BCUT2D eigenvalue weighted by molar-refractivity contribution is 5.45. The second-order valence-electron chi connectivity index (χ2n) is 3.90. The van der Waals surface area contributed by atoms with Crippen LogP contribution in [0.4, 0.5) is 5.69 Å². The normalized spacial score (nSPS) is 20.5. The van der Waals surface area contributed by atoms with Gasteiger partial charge in [0.25, 0.3) is 5.69 Å². The van der Waals surface area contributed by atoms with Crippen LogP contribution in [0.15, 0.2) is 18.2 Å². The Morgan fingerprint density at radius 1 is 1.53 bits per heavy atom. The third-order valence-corrected chi connectivity index (χ3v) is 2.98. The molecule has 1 aliphatic heterocycles. The molecule has 0 aromatic heterocycles. The molecule has 0 bridgehead atoms. The van der Waals surface area contributed by atoms with Gasteiger partial charge in [0.1, 0.15) is 0 Å². The number of rotatable bonds is 2. The van der Waals surface area contributed by atoms with E-state index in [0.29, 0.717) is 6.04 Å². The van der Waals surface area contributed by atoms with Crippen molar-refractivity contribution < 1.29 is 4.92 Å². The SMILES string of the molecule is Cc1c([C@H]2CCCN2)cccc1[N+](=O)[O-]. The lowest BCUT2D eigenvalue weighted by Crippen LogP contribution is -2.14. The van der Waals surface area contributed by atoms with Gasteiger partial charge in [0, 0.05) is 17.7 Å². The van der Waals surface area contributed by atoms with E-state index in [4.69, 9.17) is 0 Å². The first-order chi connectivity index (χ1) is 7.20. The molecule has 2 rings (SSSR count). The standard InChI is InChI=1S/C11H14N2O2/c1-8-9(10-5-3-7-12-10)4-2-6-11(8)13(14)15/h2,4,6,10,12H,3,5,7H2,1H3/t10-/m1/s1. The number of nitro benzene ring substituents is 1. The van der Waals surface area contributed by atoms with Crippen LogP contribution < -0.4 is 5.32 Å². The van der Waals surface area contributed by atoms with Gasteiger partial charge >= 0.3 is 0 Å². The first-order valence-electron chi connectivity index (χ1n) is 5.17. The van der Waals surface area contributed by atoms with E-state index < -0.39 is 0 Å². The van der Waals surface area contributed by atoms with Crippen LogP contribution in [0, 0.1) is 17.0 Å². The largest absolute Gasteiger partial charge is 0.310 e. The highest BCUT2D eigenvalue weighted by Crippen LogP contribution is 2.30. The van der Waals surface area contributed by atoms with Crippen molar-refractivity contribution in [3.05, 3.63) is 39.4 Å². The molecular formula is C11H14N2O2. The zero-order chi connectivity index (χ0) is 10.8. The molecule has 0 spiro atoms. The average molecular weight is 206 g/mol. The van der Waals surface area contributed by atoms with Gasteiger partial charge in [-0.15, -0.1) is 0 Å². The summed E-state index contributed by atoms with van der Waals surface area (Å²) in [6.45, 7) is 2.83. The lowest BCUT2D eigenvalue weighted by atomic mass is 9.99. The molecule has 0 radical (unpaired) electrons. The Kier molecular flexibility index (Phi) is 2.68. The zero-order valence-corrected chi connectivity index (χ0v) is 8.69. The fourth-order valence-corrected chi connectivity index (χ4v) is 2.17. The summed E-state index contributed by atoms with van der Waals surface area (Å²) < 4.78 is 0. The van der Waals surface area contributed by atoms with Crippen molar-refractivity contribution in [3.63, 3.8) is 0 Å². The van der Waals surface area contributed by atoms with Crippen LogP contribution in [0.1, 0.15) is 30.0 Å². The third-order valence-electron chi connectivity index (χ3n) is 2.98. The lowest BCUT2D eigenvalue weighted by molar-refractivity contribution is -0.385. The van der Waals surface area contributed by atoms with Crippen molar-refractivity contribution in [2.24, 2.45) is 0 Å². The summed E-state index contributed by atoms with van der Waals surface area (Å²) in [5.41, 5.74) is 2.09. The average Bonchev–Trinajstić information content (AvgIpc) is 2.70. The summed E-state index contributed by atoms with van der Waals surface area (Å²) >= 11 is 0. The van der Waals surface area contributed by atoms with Crippen molar-refractivity contribution in [2.45, 2.75) is 25.8 Å². The number of hydrogen-bond donors (Lipinski definition) is 1. The minimum Gasteiger partial charge on any atom is -0.310 e. The molecule has 1 saturated heterocycles. The maximum Gasteiger partial charge on any atom is 0.272 e. The van der Waals surface area contributed by atoms with Gasteiger partial charge in [-0.3, -0.25) is 10.1 Å². The summed E-state index contributed by atoms with van der Waals surface area (Å²) in [5, 5.41) is 14.1. The van der Waals surface area contributed by atoms with Crippen LogP contribution in [0.2, 0.25) is 0 Å². The van der Waals surface area contributed by atoms with Crippen molar-refractivity contribution in [3.8, 4) is 0 Å². The van der Waals surface area contributed by atoms with Gasteiger partial charge < -0.3 is 5.32 Å². The molecule has 15 heavy (non-hydrogen) atoms. The molecule has 4 heteroatoms. The maximum absolute atomic E-state index is 10.8. The maximum atomic E-state index is 10.8. The summed E-state index contributed by atoms with van der Waals surface area (Å²) in [4.78, 5) is 10.5. The Morgan fingerprint density at radius 3 is 2.93 bits per heavy atom. The van der Waals surface area contributed by atoms with Crippen molar-refractivity contribution in [1.82, 2.24) is 5.32 Å². The Balaban J connectivity index is 2.39. The van der Waals surface area contributed by atoms with Crippen LogP contribution in [0.25, 0.3) is 0 Å². The van der Waals surface area contributed by atoms with E-state index in [1.165, 1.54) is 0 Å². The number of benzene rings is 1. The van der Waals surface area contributed by atoms with E-state index in [2.05, 4.69) is 5.32 Å². The zero-order valence-electron chi connectivity index (χ0n) is 8.69. The summed E-state index contributed by atoms with van der Waals surface area (Å²) in [6, 6.07) is 5.60. The Bertz CT molecular complexity index is 384. The lowest BCUT2D eigenvalue weighted by Gasteiger charge is -2.13. The Labute approximate surface area is 88.5 Å². The van der Waals surface area contributed by atoms with E-state index >= 15 is 0 Å². The summed E-state index contributed by atoms with van der Waals surface area (Å²) in [6.07, 6.45) is 2.22. The Morgan fingerprint density at radius 2 is 2.33 bits per heavy atom. The van der Waals surface area contributed by atoms with Gasteiger partial charge in [0.15, 0.2) is 0 Å². The minimum atomic E-state index is -0.312. The molecule has 0 unspecified atom stereocenters. The first-order valence-corrected chi connectivity index (χ1v) is 5.17. The molecule has 4 nitrogen and oxygen atoms in total. The molecule has 1 fully saturated rings. The highest BCUT2D eigenvalue weighted by Gasteiger charge is 2.21. The van der Waals surface area contributed by atoms with Crippen molar-refractivity contribution >= 4 is 5.69 Å². The predicted octanol–water partition coefficient (Wildman–Crippen LogP) is 2.33. The monoisotopic (exact) mass is 206 g/mol. The second kappa shape index (κ2) is 3.98. The number of hydrogen-bond acceptors (Lipinski definition) is 3. The van der Waals surface area contributed by atoms with Gasteiger partial charge in [-0.25, -0.2) is 0 Å². The molecular weight excluding hydrogens is 192 g/mol. The molecule has 0 amide bonds. The third kappa shape index (κ3) is 1.85. The molecule has 1 heterocycles. The molecule has 1 N–H and O–H groups in total. The number of nitrogens with zero attached hydrogens (tertiary/aromatic N) is 1. The van der Waals surface area contributed by atoms with E-state index in [-0.39, 0.29) is 10.6 Å². The van der Waals surface area contributed by atoms with E-state index in [1.807, 2.05) is 13.0 Å². The molecule has 1 aromatic rings. The summed E-state index contributed by atoms with van der Waals surface area (Å²) in [7, 11) is 0. The minimum absolute atomic E-state index is 0.223. The second-order valence-corrected chi connectivity index (χ2v) is 3.90. The molecule has 80 valence electrons. The van der Waals surface area contributed by atoms with Crippen LogP contribution >= 0.6 is 0 Å². The van der Waals surface area contributed by atoms with Gasteiger partial charge in [0.2, 0.25) is 0 Å². The smallest absolute Gasteiger partial charge is 0.272 e. The Hall–Kier alpha value is -1.42. The van der Waals surface area contributed by atoms with Crippen molar-refractivity contribution in [1.29, 1.82) is 0 Å². The van der Waals surface area contributed by atoms with Gasteiger partial charge in [0.05, 0.1) is 4.92 Å². The number of nitrogens with one attached hydrogen (secondary N) is 1. The molecule has 1 atom stereocenters. The van der Waals surface area contributed by atoms with Crippen LogP contribution in [-0.2, 0) is 0 Å². The fraction of sp³-hybridized carbons (Fsp3) is 0.455. The molecule has 1 aromatic carbocycles. The fourth-order valence-electron chi connectivity index (χ4n) is 2.17. The van der Waals surface area contributed by atoms with E-state index in [0.717, 1.165) is 30.5 Å². The van der Waals surface area contributed by atoms with Crippen molar-refractivity contribution in [2.75, 3.05) is 6.54 Å². The number of nitro groups is 1. The van der Waals surface area contributed by atoms with E-state index in [9.17, 15) is 10.1 Å². The van der Waals surface area contributed by atoms with E-state index in [1.54, 1.807) is 12.1 Å². The topological polar surface area (TPSA) is 55.2 Å². The molecule has 1 aliphatic rings. The highest BCUT2D eigenvalue weighted by atomic mass is 16.6. The van der Waals surface area contributed by atoms with Gasteiger partial charge in [-0.1, -0.05) is 12.1 Å². The first kappa shape index (κ1) is 10.1. The predicted molar refractivity (Wildman–Crippen MR) is 57.8 cm³/mol. The van der Waals surface area contributed by atoms with Gasteiger partial charge in [-0.05, 0) is 31.9 Å². The van der Waals surface area contributed by atoms with Crippen LogP contribution in [0.5, 0.6) is 0 Å². The molecule has 0 saturated carbocycles. The van der Waals surface area contributed by atoms with Crippen LogP contribution in [-0.4, -0.2) is 11.5 Å².